The van der Waals surface area contributed by atoms with E-state index in [2.05, 4.69) is 5.10 Å². The van der Waals surface area contributed by atoms with Crippen LogP contribution < -0.4 is 0 Å². The third-order valence-corrected chi connectivity index (χ3v) is 3.41. The number of likely N-dealkylation sites (tertiary alicyclic amines) is 1. The second-order valence-corrected chi connectivity index (χ2v) is 4.87. The number of hydrogen-bond donors (Lipinski definition) is 1. The zero-order valence-corrected chi connectivity index (χ0v) is 10.9. The standard InChI is InChI=1S/C12H15F2N3O3/c1-8(17-7-9(6-15-17)11(19)20)10(18)16-4-2-12(13,14)3-5-16/h6-8H,2-5H2,1H3,(H,19,20). The minimum Gasteiger partial charge on any atom is -0.478 e. The number of nitrogens with zero attached hydrogens (tertiary/aromatic N) is 3. The third-order valence-electron chi connectivity index (χ3n) is 3.41. The van der Waals surface area contributed by atoms with Crippen LogP contribution in [0, 0.1) is 0 Å². The molecule has 0 saturated carbocycles. The molecule has 1 fully saturated rings. The minimum absolute atomic E-state index is 0.00320. The summed E-state index contributed by atoms with van der Waals surface area (Å²) in [6, 6.07) is -0.713. The van der Waals surface area contributed by atoms with Crippen molar-refractivity contribution in [2.45, 2.75) is 31.7 Å². The van der Waals surface area contributed by atoms with Crippen molar-refractivity contribution in [1.82, 2.24) is 14.7 Å². The summed E-state index contributed by atoms with van der Waals surface area (Å²) >= 11 is 0. The molecule has 1 amide bonds. The number of carbonyl (C=O) groups is 2. The van der Waals surface area contributed by atoms with Crippen molar-refractivity contribution in [2.75, 3.05) is 13.1 Å². The maximum absolute atomic E-state index is 13.0. The van der Waals surface area contributed by atoms with Crippen molar-refractivity contribution < 1.29 is 23.5 Å². The SMILES string of the molecule is CC(C(=O)N1CCC(F)(F)CC1)n1cc(C(=O)O)cn1. The van der Waals surface area contributed by atoms with Gasteiger partial charge < -0.3 is 10.0 Å². The van der Waals surface area contributed by atoms with Crippen molar-refractivity contribution in [3.63, 3.8) is 0 Å². The zero-order valence-electron chi connectivity index (χ0n) is 10.9. The molecule has 1 aliphatic rings. The van der Waals surface area contributed by atoms with Gasteiger partial charge in [-0.05, 0) is 6.92 Å². The van der Waals surface area contributed by atoms with E-state index in [9.17, 15) is 18.4 Å². The van der Waals surface area contributed by atoms with Gasteiger partial charge in [-0.15, -0.1) is 0 Å². The van der Waals surface area contributed by atoms with Crippen molar-refractivity contribution in [3.05, 3.63) is 18.0 Å². The van der Waals surface area contributed by atoms with Crippen molar-refractivity contribution in [2.24, 2.45) is 0 Å². The highest BCUT2D eigenvalue weighted by Crippen LogP contribution is 2.28. The highest BCUT2D eigenvalue weighted by Gasteiger charge is 2.36. The maximum atomic E-state index is 13.0. The van der Waals surface area contributed by atoms with E-state index in [4.69, 9.17) is 5.11 Å². The zero-order chi connectivity index (χ0) is 14.9. The van der Waals surface area contributed by atoms with E-state index in [0.717, 1.165) is 6.20 Å². The van der Waals surface area contributed by atoms with Crippen molar-refractivity contribution in [1.29, 1.82) is 0 Å². The molecule has 1 aliphatic heterocycles. The van der Waals surface area contributed by atoms with Crippen LogP contribution in [-0.2, 0) is 4.79 Å². The largest absolute Gasteiger partial charge is 0.478 e. The summed E-state index contributed by atoms with van der Waals surface area (Å²) in [6.45, 7) is 1.57. The normalized spacial score (nSPS) is 19.6. The Balaban J connectivity index is 2.03. The van der Waals surface area contributed by atoms with Crippen LogP contribution in [0.2, 0.25) is 0 Å². The van der Waals surface area contributed by atoms with Gasteiger partial charge in [0.15, 0.2) is 0 Å². The van der Waals surface area contributed by atoms with Crippen LogP contribution in [0.15, 0.2) is 12.4 Å². The fraction of sp³-hybridized carbons (Fsp3) is 0.583. The van der Waals surface area contributed by atoms with E-state index >= 15 is 0 Å². The second-order valence-electron chi connectivity index (χ2n) is 4.87. The molecule has 1 aromatic rings. The van der Waals surface area contributed by atoms with Gasteiger partial charge in [-0.3, -0.25) is 9.48 Å². The Labute approximate surface area is 114 Å². The Hall–Kier alpha value is -1.99. The topological polar surface area (TPSA) is 75.4 Å². The van der Waals surface area contributed by atoms with Gasteiger partial charge >= 0.3 is 5.97 Å². The van der Waals surface area contributed by atoms with Gasteiger partial charge in [-0.2, -0.15) is 5.10 Å². The lowest BCUT2D eigenvalue weighted by Gasteiger charge is -2.33. The van der Waals surface area contributed by atoms with Crippen LogP contribution in [0.25, 0.3) is 0 Å². The van der Waals surface area contributed by atoms with Gasteiger partial charge in [0.05, 0.1) is 11.8 Å². The number of piperidine rings is 1. The molecule has 1 N–H and O–H groups in total. The molecule has 0 radical (unpaired) electrons. The monoisotopic (exact) mass is 287 g/mol. The number of carbonyl (C=O) groups excluding carboxylic acids is 1. The summed E-state index contributed by atoms with van der Waals surface area (Å²) in [6.07, 6.45) is 1.72. The first-order valence-electron chi connectivity index (χ1n) is 6.24. The molecule has 1 atom stereocenters. The Morgan fingerprint density at radius 3 is 2.50 bits per heavy atom. The Morgan fingerprint density at radius 1 is 1.40 bits per heavy atom. The fourth-order valence-electron chi connectivity index (χ4n) is 2.09. The molecule has 1 saturated heterocycles. The summed E-state index contributed by atoms with van der Waals surface area (Å²) in [5.74, 6) is -4.17. The van der Waals surface area contributed by atoms with Gasteiger partial charge in [0.2, 0.25) is 5.91 Å². The lowest BCUT2D eigenvalue weighted by molar-refractivity contribution is -0.140. The Bertz CT molecular complexity index is 520. The van der Waals surface area contributed by atoms with Crippen LogP contribution in [-0.4, -0.2) is 50.7 Å². The predicted molar refractivity (Wildman–Crippen MR) is 64.7 cm³/mol. The first-order chi connectivity index (χ1) is 9.30. The van der Waals surface area contributed by atoms with Gasteiger partial charge in [0.1, 0.15) is 6.04 Å². The van der Waals surface area contributed by atoms with E-state index in [1.807, 2.05) is 0 Å². The molecule has 6 nitrogen and oxygen atoms in total. The van der Waals surface area contributed by atoms with Crippen molar-refractivity contribution >= 4 is 11.9 Å². The molecule has 1 aromatic heterocycles. The predicted octanol–water partition coefficient (Wildman–Crippen LogP) is 1.40. The number of carboxylic acids is 1. The number of hydrogen-bond acceptors (Lipinski definition) is 3. The molecule has 1 unspecified atom stereocenters. The summed E-state index contributed by atoms with van der Waals surface area (Å²) in [7, 11) is 0. The van der Waals surface area contributed by atoms with Crippen LogP contribution >= 0.6 is 0 Å². The molecule has 2 heterocycles. The smallest absolute Gasteiger partial charge is 0.338 e. The van der Waals surface area contributed by atoms with Crippen LogP contribution in [0.4, 0.5) is 8.78 Å². The number of halogens is 2. The molecular weight excluding hydrogens is 272 g/mol. The lowest BCUT2D eigenvalue weighted by atomic mass is 10.1. The summed E-state index contributed by atoms with van der Waals surface area (Å²) < 4.78 is 27.3. The van der Waals surface area contributed by atoms with E-state index in [0.29, 0.717) is 0 Å². The minimum atomic E-state index is -2.71. The third kappa shape index (κ3) is 2.94. The van der Waals surface area contributed by atoms with Crippen molar-refractivity contribution in [3.8, 4) is 0 Å². The quantitative estimate of drug-likeness (QED) is 0.911. The van der Waals surface area contributed by atoms with E-state index in [1.54, 1.807) is 6.92 Å². The second kappa shape index (κ2) is 5.18. The molecule has 8 heteroatoms. The van der Waals surface area contributed by atoms with Gasteiger partial charge in [0.25, 0.3) is 5.92 Å². The highest BCUT2D eigenvalue weighted by atomic mass is 19.3. The number of amides is 1. The summed E-state index contributed by atoms with van der Waals surface area (Å²) in [4.78, 5) is 24.3. The molecule has 110 valence electrons. The van der Waals surface area contributed by atoms with E-state index in [1.165, 1.54) is 15.8 Å². The Kier molecular flexibility index (Phi) is 3.74. The van der Waals surface area contributed by atoms with Gasteiger partial charge in [-0.1, -0.05) is 0 Å². The maximum Gasteiger partial charge on any atom is 0.338 e. The molecule has 0 spiro atoms. The number of rotatable bonds is 3. The molecule has 20 heavy (non-hydrogen) atoms. The highest BCUT2D eigenvalue weighted by molar-refractivity contribution is 5.87. The van der Waals surface area contributed by atoms with E-state index < -0.39 is 17.9 Å². The summed E-state index contributed by atoms with van der Waals surface area (Å²) in [5.41, 5.74) is -0.0187. The first kappa shape index (κ1) is 14.4. The molecule has 2 rings (SSSR count). The number of alkyl halides is 2. The van der Waals surface area contributed by atoms with Crippen LogP contribution in [0.5, 0.6) is 0 Å². The molecule has 0 aliphatic carbocycles. The average Bonchev–Trinajstić information content (AvgIpc) is 2.86. The summed E-state index contributed by atoms with van der Waals surface area (Å²) in [5, 5.41) is 12.6. The number of carboxylic acid groups (broad SMARTS) is 1. The average molecular weight is 287 g/mol. The van der Waals surface area contributed by atoms with Gasteiger partial charge in [0, 0.05) is 32.1 Å². The molecule has 0 bridgehead atoms. The Morgan fingerprint density at radius 2 is 2.00 bits per heavy atom. The van der Waals surface area contributed by atoms with Crippen LogP contribution in [0.3, 0.4) is 0 Å². The molecular formula is C12H15F2N3O3. The number of aromatic carboxylic acids is 1. The van der Waals surface area contributed by atoms with Crippen LogP contribution in [0.1, 0.15) is 36.2 Å². The van der Waals surface area contributed by atoms with Gasteiger partial charge in [-0.25, -0.2) is 13.6 Å². The van der Waals surface area contributed by atoms with E-state index in [-0.39, 0.29) is 37.4 Å². The molecule has 0 aromatic carbocycles. The fourth-order valence-corrected chi connectivity index (χ4v) is 2.09. The first-order valence-corrected chi connectivity index (χ1v) is 6.24. The lowest BCUT2D eigenvalue weighted by Crippen LogP contribution is -2.45. The number of aromatic nitrogens is 2.